The van der Waals surface area contributed by atoms with Crippen LogP contribution < -0.4 is 0 Å². The molecule has 0 radical (unpaired) electrons. The Balaban J connectivity index is 2.51. The van der Waals surface area contributed by atoms with Crippen molar-refractivity contribution in [3.63, 3.8) is 0 Å². The lowest BCUT2D eigenvalue weighted by Gasteiger charge is -2.10. The van der Waals surface area contributed by atoms with Gasteiger partial charge in [0, 0.05) is 7.05 Å². The normalized spacial score (nSPS) is 16.9. The molecule has 0 bridgehead atoms. The first kappa shape index (κ1) is 9.78. The summed E-state index contributed by atoms with van der Waals surface area (Å²) in [6.07, 6.45) is 8.83. The second kappa shape index (κ2) is 3.13. The SMILES string of the molecule is C#CC1(c2c(C(=O)OC)cnn2C)CC1. The number of ether oxygens (including phenoxy) is 1. The van der Waals surface area contributed by atoms with E-state index in [4.69, 9.17) is 11.2 Å². The lowest BCUT2D eigenvalue weighted by Crippen LogP contribution is -2.15. The summed E-state index contributed by atoms with van der Waals surface area (Å²) in [5.74, 6) is 2.37. The van der Waals surface area contributed by atoms with Crippen LogP contribution in [0.3, 0.4) is 0 Å². The Hall–Kier alpha value is -1.76. The van der Waals surface area contributed by atoms with Gasteiger partial charge in [-0.05, 0) is 12.8 Å². The largest absolute Gasteiger partial charge is 0.465 e. The van der Waals surface area contributed by atoms with Crippen LogP contribution in [0.4, 0.5) is 0 Å². The third-order valence-corrected chi connectivity index (χ3v) is 2.82. The van der Waals surface area contributed by atoms with E-state index in [-0.39, 0.29) is 11.4 Å². The molecule has 1 aliphatic carbocycles. The molecule has 0 aromatic carbocycles. The maximum Gasteiger partial charge on any atom is 0.341 e. The van der Waals surface area contributed by atoms with Crippen LogP contribution in [-0.4, -0.2) is 22.9 Å². The van der Waals surface area contributed by atoms with Crippen molar-refractivity contribution in [3.8, 4) is 12.3 Å². The minimum absolute atomic E-state index is 0.297. The van der Waals surface area contributed by atoms with E-state index >= 15 is 0 Å². The van der Waals surface area contributed by atoms with Gasteiger partial charge in [0.15, 0.2) is 0 Å². The minimum Gasteiger partial charge on any atom is -0.465 e. The predicted octanol–water partition coefficient (Wildman–Crippen LogP) is 0.872. The first-order valence-electron chi connectivity index (χ1n) is 4.73. The lowest BCUT2D eigenvalue weighted by atomic mass is 10.00. The summed E-state index contributed by atoms with van der Waals surface area (Å²) < 4.78 is 6.36. The standard InChI is InChI=1S/C11H12N2O2/c1-4-11(5-6-11)9-8(10(14)15-3)7-12-13(9)2/h1,7H,5-6H2,2-3H3. The summed E-state index contributed by atoms with van der Waals surface area (Å²) in [4.78, 5) is 11.5. The molecule has 0 amide bonds. The first-order chi connectivity index (χ1) is 7.14. The number of hydrogen-bond donors (Lipinski definition) is 0. The number of carbonyl (C=O) groups is 1. The quantitative estimate of drug-likeness (QED) is 0.530. The van der Waals surface area contributed by atoms with Crippen LogP contribution in [0.1, 0.15) is 28.9 Å². The van der Waals surface area contributed by atoms with Crippen molar-refractivity contribution in [3.05, 3.63) is 17.5 Å². The van der Waals surface area contributed by atoms with Gasteiger partial charge >= 0.3 is 5.97 Å². The van der Waals surface area contributed by atoms with Gasteiger partial charge in [0.25, 0.3) is 0 Å². The van der Waals surface area contributed by atoms with Crippen molar-refractivity contribution >= 4 is 5.97 Å². The van der Waals surface area contributed by atoms with E-state index < -0.39 is 0 Å². The third kappa shape index (κ3) is 1.32. The lowest BCUT2D eigenvalue weighted by molar-refractivity contribution is 0.0599. The van der Waals surface area contributed by atoms with Crippen LogP contribution >= 0.6 is 0 Å². The van der Waals surface area contributed by atoms with Crippen LogP contribution in [0.15, 0.2) is 6.20 Å². The fraction of sp³-hybridized carbons (Fsp3) is 0.455. The van der Waals surface area contributed by atoms with E-state index in [1.807, 2.05) is 0 Å². The molecule has 1 aromatic heterocycles. The average molecular weight is 204 g/mol. The van der Waals surface area contributed by atoms with E-state index in [1.165, 1.54) is 13.3 Å². The second-order valence-electron chi connectivity index (χ2n) is 3.75. The zero-order valence-electron chi connectivity index (χ0n) is 8.78. The smallest absolute Gasteiger partial charge is 0.341 e. The molecule has 78 valence electrons. The number of rotatable bonds is 2. The van der Waals surface area contributed by atoms with E-state index in [9.17, 15) is 4.79 Å². The van der Waals surface area contributed by atoms with Gasteiger partial charge in [0.1, 0.15) is 5.56 Å². The summed E-state index contributed by atoms with van der Waals surface area (Å²) in [7, 11) is 3.15. The molecule has 0 unspecified atom stereocenters. The number of hydrogen-bond acceptors (Lipinski definition) is 3. The molecule has 0 spiro atoms. The van der Waals surface area contributed by atoms with Crippen molar-refractivity contribution < 1.29 is 9.53 Å². The van der Waals surface area contributed by atoms with Crippen molar-refractivity contribution in [2.24, 2.45) is 7.05 Å². The molecule has 1 aliphatic rings. The molecule has 0 aliphatic heterocycles. The molecule has 4 heteroatoms. The molecular formula is C11H12N2O2. The van der Waals surface area contributed by atoms with Crippen LogP contribution in [-0.2, 0) is 17.2 Å². The van der Waals surface area contributed by atoms with Gasteiger partial charge in [-0.25, -0.2) is 4.79 Å². The van der Waals surface area contributed by atoms with Crippen molar-refractivity contribution in [1.82, 2.24) is 9.78 Å². The number of nitrogens with zero attached hydrogens (tertiary/aromatic N) is 2. The van der Waals surface area contributed by atoms with Gasteiger partial charge in [-0.1, -0.05) is 5.92 Å². The number of terminal acetylenes is 1. The van der Waals surface area contributed by atoms with Crippen LogP contribution in [0.2, 0.25) is 0 Å². The van der Waals surface area contributed by atoms with E-state index in [1.54, 1.807) is 11.7 Å². The summed E-state index contributed by atoms with van der Waals surface area (Å²) in [6.45, 7) is 0. The predicted molar refractivity (Wildman–Crippen MR) is 54.3 cm³/mol. The molecule has 0 N–H and O–H groups in total. The Morgan fingerprint density at radius 3 is 2.87 bits per heavy atom. The van der Waals surface area contributed by atoms with Crippen LogP contribution in [0, 0.1) is 12.3 Å². The highest BCUT2D eigenvalue weighted by Crippen LogP contribution is 2.48. The molecular weight excluding hydrogens is 192 g/mol. The molecule has 1 aromatic rings. The Bertz CT molecular complexity index is 450. The summed E-state index contributed by atoms with van der Waals surface area (Å²) in [5.41, 5.74) is 0.988. The highest BCUT2D eigenvalue weighted by atomic mass is 16.5. The summed E-state index contributed by atoms with van der Waals surface area (Å²) in [5, 5.41) is 4.06. The summed E-state index contributed by atoms with van der Waals surface area (Å²) >= 11 is 0. The maximum atomic E-state index is 11.5. The van der Waals surface area contributed by atoms with Gasteiger partial charge in [-0.3, -0.25) is 4.68 Å². The average Bonchev–Trinajstić information content (AvgIpc) is 2.95. The molecule has 1 heterocycles. The van der Waals surface area contributed by atoms with Crippen LogP contribution in [0.25, 0.3) is 0 Å². The first-order valence-corrected chi connectivity index (χ1v) is 4.73. The topological polar surface area (TPSA) is 44.1 Å². The number of aryl methyl sites for hydroxylation is 1. The number of carbonyl (C=O) groups excluding carboxylic acids is 1. The molecule has 15 heavy (non-hydrogen) atoms. The zero-order valence-corrected chi connectivity index (χ0v) is 8.78. The second-order valence-corrected chi connectivity index (χ2v) is 3.75. The van der Waals surface area contributed by atoms with Gasteiger partial charge in [0.05, 0.1) is 24.4 Å². The van der Waals surface area contributed by atoms with Crippen molar-refractivity contribution in [2.75, 3.05) is 7.11 Å². The Morgan fingerprint density at radius 2 is 2.40 bits per heavy atom. The van der Waals surface area contributed by atoms with E-state index in [0.29, 0.717) is 5.56 Å². The molecule has 1 saturated carbocycles. The maximum absolute atomic E-state index is 11.5. The summed E-state index contributed by atoms with van der Waals surface area (Å²) in [6, 6.07) is 0. The van der Waals surface area contributed by atoms with Gasteiger partial charge in [-0.15, -0.1) is 6.42 Å². The highest BCUT2D eigenvalue weighted by molar-refractivity contribution is 5.91. The Morgan fingerprint density at radius 1 is 1.73 bits per heavy atom. The van der Waals surface area contributed by atoms with E-state index in [2.05, 4.69) is 11.0 Å². The van der Waals surface area contributed by atoms with Gasteiger partial charge in [-0.2, -0.15) is 5.10 Å². The molecule has 0 atom stereocenters. The molecule has 1 fully saturated rings. The number of methoxy groups -OCH3 is 1. The van der Waals surface area contributed by atoms with Crippen molar-refractivity contribution in [1.29, 1.82) is 0 Å². The minimum atomic E-state index is -0.375. The number of esters is 1. The highest BCUT2D eigenvalue weighted by Gasteiger charge is 2.47. The fourth-order valence-corrected chi connectivity index (χ4v) is 1.84. The van der Waals surface area contributed by atoms with Crippen LogP contribution in [0.5, 0.6) is 0 Å². The monoisotopic (exact) mass is 204 g/mol. The molecule has 0 saturated heterocycles. The van der Waals surface area contributed by atoms with Gasteiger partial charge < -0.3 is 4.74 Å². The Kier molecular flexibility index (Phi) is 2.04. The zero-order chi connectivity index (χ0) is 11.1. The van der Waals surface area contributed by atoms with Crippen molar-refractivity contribution in [2.45, 2.75) is 18.3 Å². The Labute approximate surface area is 88.2 Å². The third-order valence-electron chi connectivity index (χ3n) is 2.82. The van der Waals surface area contributed by atoms with Gasteiger partial charge in [0.2, 0.25) is 0 Å². The molecule has 2 rings (SSSR count). The number of aromatic nitrogens is 2. The fourth-order valence-electron chi connectivity index (χ4n) is 1.84. The van der Waals surface area contributed by atoms with E-state index in [0.717, 1.165) is 18.5 Å². The molecule has 4 nitrogen and oxygen atoms in total.